The van der Waals surface area contributed by atoms with E-state index in [1.165, 1.54) is 35.6 Å². The molecule has 3 nitrogen and oxygen atoms in total. The molecule has 5 heteroatoms. The monoisotopic (exact) mass is 288 g/mol. The Labute approximate surface area is 120 Å². The van der Waals surface area contributed by atoms with Crippen molar-refractivity contribution in [3.8, 4) is 11.8 Å². The summed E-state index contributed by atoms with van der Waals surface area (Å²) in [4.78, 5) is 12.9. The molecule has 1 aromatic heterocycles. The molecule has 102 valence electrons. The molecule has 0 aliphatic carbocycles. The lowest BCUT2D eigenvalue weighted by atomic mass is 10.2. The third-order valence-electron chi connectivity index (χ3n) is 2.59. The minimum Gasteiger partial charge on any atom is -0.347 e. The van der Waals surface area contributed by atoms with E-state index in [-0.39, 0.29) is 11.7 Å². The first-order chi connectivity index (χ1) is 9.70. The second-order valence-electron chi connectivity index (χ2n) is 3.95. The van der Waals surface area contributed by atoms with Gasteiger partial charge in [-0.15, -0.1) is 11.3 Å². The fourth-order valence-corrected chi connectivity index (χ4v) is 2.37. The third kappa shape index (κ3) is 3.67. The zero-order chi connectivity index (χ0) is 14.4. The number of carbonyl (C=O) groups excluding carboxylic acids is 1. The van der Waals surface area contributed by atoms with E-state index in [4.69, 9.17) is 5.73 Å². The van der Waals surface area contributed by atoms with Crippen LogP contribution in [-0.2, 0) is 6.54 Å². The predicted molar refractivity (Wildman–Crippen MR) is 77.8 cm³/mol. The van der Waals surface area contributed by atoms with Crippen molar-refractivity contribution in [2.45, 2.75) is 6.54 Å². The molecule has 0 bridgehead atoms. The van der Waals surface area contributed by atoms with Gasteiger partial charge in [0.25, 0.3) is 5.91 Å². The van der Waals surface area contributed by atoms with Gasteiger partial charge in [0.05, 0.1) is 13.1 Å². The smallest absolute Gasteiger partial charge is 0.251 e. The summed E-state index contributed by atoms with van der Waals surface area (Å²) < 4.78 is 12.8. The van der Waals surface area contributed by atoms with Crippen LogP contribution in [0, 0.1) is 17.7 Å². The highest BCUT2D eigenvalue weighted by molar-refractivity contribution is 7.10. The van der Waals surface area contributed by atoms with Gasteiger partial charge in [-0.3, -0.25) is 4.79 Å². The maximum absolute atomic E-state index is 12.8. The van der Waals surface area contributed by atoms with Crippen molar-refractivity contribution in [1.82, 2.24) is 5.32 Å². The fourth-order valence-electron chi connectivity index (χ4n) is 1.60. The Morgan fingerprint density at radius 3 is 2.75 bits per heavy atom. The summed E-state index contributed by atoms with van der Waals surface area (Å²) in [6.07, 6.45) is 0. The lowest BCUT2D eigenvalue weighted by Gasteiger charge is -2.04. The van der Waals surface area contributed by atoms with Crippen LogP contribution in [-0.4, -0.2) is 12.5 Å². The van der Waals surface area contributed by atoms with E-state index in [0.717, 1.165) is 10.4 Å². The van der Waals surface area contributed by atoms with E-state index in [2.05, 4.69) is 17.2 Å². The molecule has 1 heterocycles. The number of thiophene rings is 1. The first-order valence-corrected chi connectivity index (χ1v) is 6.87. The number of amides is 1. The Morgan fingerprint density at radius 2 is 2.05 bits per heavy atom. The van der Waals surface area contributed by atoms with Gasteiger partial charge in [-0.2, -0.15) is 0 Å². The number of halogens is 1. The number of nitrogens with two attached hydrogens (primary N) is 1. The molecule has 0 radical (unpaired) electrons. The highest BCUT2D eigenvalue weighted by atomic mass is 32.1. The number of carbonyl (C=O) groups is 1. The van der Waals surface area contributed by atoms with Crippen LogP contribution in [0.15, 0.2) is 35.7 Å². The van der Waals surface area contributed by atoms with Crippen molar-refractivity contribution in [2.75, 3.05) is 6.54 Å². The lowest BCUT2D eigenvalue weighted by Crippen LogP contribution is -2.22. The van der Waals surface area contributed by atoms with Crippen LogP contribution in [0.25, 0.3) is 0 Å². The maximum atomic E-state index is 12.8. The van der Waals surface area contributed by atoms with Crippen molar-refractivity contribution in [1.29, 1.82) is 0 Å². The predicted octanol–water partition coefficient (Wildman–Crippen LogP) is 2.13. The maximum Gasteiger partial charge on any atom is 0.251 e. The van der Waals surface area contributed by atoms with Gasteiger partial charge >= 0.3 is 0 Å². The van der Waals surface area contributed by atoms with Crippen molar-refractivity contribution >= 4 is 17.2 Å². The van der Waals surface area contributed by atoms with E-state index in [0.29, 0.717) is 18.7 Å². The Morgan fingerprint density at radius 1 is 1.30 bits per heavy atom. The summed E-state index contributed by atoms with van der Waals surface area (Å²) in [6, 6.07) is 7.32. The highest BCUT2D eigenvalue weighted by Gasteiger charge is 2.07. The molecule has 0 atom stereocenters. The molecule has 3 N–H and O–H groups in total. The second kappa shape index (κ2) is 6.85. The summed E-state index contributed by atoms with van der Waals surface area (Å²) >= 11 is 1.52. The zero-order valence-electron chi connectivity index (χ0n) is 10.7. The topological polar surface area (TPSA) is 55.1 Å². The molecule has 0 aliphatic heterocycles. The molecule has 0 spiro atoms. The minimum absolute atomic E-state index is 0.240. The number of nitrogens with one attached hydrogen (secondary N) is 1. The van der Waals surface area contributed by atoms with Gasteiger partial charge in [-0.25, -0.2) is 4.39 Å². The van der Waals surface area contributed by atoms with E-state index < -0.39 is 0 Å². The van der Waals surface area contributed by atoms with E-state index in [9.17, 15) is 9.18 Å². The first-order valence-electron chi connectivity index (χ1n) is 6.00. The lowest BCUT2D eigenvalue weighted by molar-refractivity contribution is 0.0951. The van der Waals surface area contributed by atoms with Gasteiger partial charge in [0, 0.05) is 16.0 Å². The SMILES string of the molecule is NCC#Cc1ccsc1CNC(=O)c1ccc(F)cc1. The van der Waals surface area contributed by atoms with E-state index >= 15 is 0 Å². The quantitative estimate of drug-likeness (QED) is 0.850. The Hall–Kier alpha value is -2.16. The molecule has 1 amide bonds. The van der Waals surface area contributed by atoms with Crippen molar-refractivity contribution in [3.05, 3.63) is 57.5 Å². The molecule has 0 saturated carbocycles. The largest absolute Gasteiger partial charge is 0.347 e. The van der Waals surface area contributed by atoms with Crippen LogP contribution in [0.5, 0.6) is 0 Å². The second-order valence-corrected chi connectivity index (χ2v) is 4.95. The van der Waals surface area contributed by atoms with Gasteiger partial charge in [0.15, 0.2) is 0 Å². The first kappa shape index (κ1) is 14.3. The van der Waals surface area contributed by atoms with E-state index in [1.54, 1.807) is 0 Å². The third-order valence-corrected chi connectivity index (χ3v) is 3.51. The molecular formula is C15H13FN2OS. The minimum atomic E-state index is -0.362. The molecule has 20 heavy (non-hydrogen) atoms. The molecule has 0 aliphatic rings. The van der Waals surface area contributed by atoms with Gasteiger partial charge in [-0.05, 0) is 35.7 Å². The molecule has 2 rings (SSSR count). The van der Waals surface area contributed by atoms with Gasteiger partial charge in [0.2, 0.25) is 0 Å². The van der Waals surface area contributed by atoms with Crippen LogP contribution < -0.4 is 11.1 Å². The summed E-state index contributed by atoms with van der Waals surface area (Å²) in [5.74, 6) is 5.14. The van der Waals surface area contributed by atoms with Gasteiger partial charge in [-0.1, -0.05) is 11.8 Å². The summed E-state index contributed by atoms with van der Waals surface area (Å²) in [7, 11) is 0. The Balaban J connectivity index is 2.00. The molecule has 0 unspecified atom stereocenters. The molecule has 0 saturated heterocycles. The molecule has 1 aromatic carbocycles. The molecule has 0 fully saturated rings. The number of hydrogen-bond donors (Lipinski definition) is 2. The Bertz CT molecular complexity index is 653. The van der Waals surface area contributed by atoms with Crippen molar-refractivity contribution in [2.24, 2.45) is 5.73 Å². The molecule has 2 aromatic rings. The van der Waals surface area contributed by atoms with Crippen LogP contribution >= 0.6 is 11.3 Å². The normalized spacial score (nSPS) is 9.70. The van der Waals surface area contributed by atoms with Crippen LogP contribution in [0.1, 0.15) is 20.8 Å². The van der Waals surface area contributed by atoms with Crippen LogP contribution in [0.4, 0.5) is 4.39 Å². The van der Waals surface area contributed by atoms with Gasteiger partial charge < -0.3 is 11.1 Å². The summed E-state index contributed by atoms with van der Waals surface area (Å²) in [5.41, 5.74) is 6.64. The number of hydrogen-bond acceptors (Lipinski definition) is 3. The van der Waals surface area contributed by atoms with E-state index in [1.807, 2.05) is 11.4 Å². The van der Waals surface area contributed by atoms with Crippen LogP contribution in [0.2, 0.25) is 0 Å². The average Bonchev–Trinajstić information content (AvgIpc) is 2.90. The zero-order valence-corrected chi connectivity index (χ0v) is 11.5. The molecular weight excluding hydrogens is 275 g/mol. The van der Waals surface area contributed by atoms with Crippen molar-refractivity contribution < 1.29 is 9.18 Å². The van der Waals surface area contributed by atoms with Crippen LogP contribution in [0.3, 0.4) is 0 Å². The number of rotatable bonds is 3. The van der Waals surface area contributed by atoms with Crippen molar-refractivity contribution in [3.63, 3.8) is 0 Å². The highest BCUT2D eigenvalue weighted by Crippen LogP contribution is 2.15. The average molecular weight is 288 g/mol. The summed E-state index contributed by atoms with van der Waals surface area (Å²) in [5, 5.41) is 4.70. The Kier molecular flexibility index (Phi) is 4.88. The summed E-state index contributed by atoms with van der Waals surface area (Å²) in [6.45, 7) is 0.694. The fraction of sp³-hybridized carbons (Fsp3) is 0.133. The standard InChI is InChI=1S/C15H13FN2OS/c16-13-5-3-12(4-6-13)15(19)18-10-14-11(2-1-8-17)7-9-20-14/h3-7,9H,8,10,17H2,(H,18,19). The number of benzene rings is 1. The van der Waals surface area contributed by atoms with Gasteiger partial charge in [0.1, 0.15) is 5.82 Å².